The molecule has 1 aromatic carbocycles. The first kappa shape index (κ1) is 22.2. The lowest BCUT2D eigenvalue weighted by molar-refractivity contribution is -0.210. The maximum Gasteiger partial charge on any atom is 0.387 e. The van der Waals surface area contributed by atoms with Gasteiger partial charge in [-0.05, 0) is 44.9 Å². The van der Waals surface area contributed by atoms with Crippen molar-refractivity contribution < 1.29 is 32.6 Å². The van der Waals surface area contributed by atoms with Crippen molar-refractivity contribution in [2.75, 3.05) is 5.32 Å². The number of pyridine rings is 1. The zero-order valence-electron chi connectivity index (χ0n) is 17.6. The molecule has 7 nitrogen and oxygen atoms in total. The first-order valence-corrected chi connectivity index (χ1v) is 10.3. The minimum Gasteiger partial charge on any atom is -0.452 e. The van der Waals surface area contributed by atoms with Gasteiger partial charge in [-0.25, -0.2) is 0 Å². The summed E-state index contributed by atoms with van der Waals surface area (Å²) in [7, 11) is 0. The van der Waals surface area contributed by atoms with E-state index in [0.717, 1.165) is 6.29 Å². The molecular weight excluding hydrogens is 422 g/mol. The van der Waals surface area contributed by atoms with Gasteiger partial charge in [0.1, 0.15) is 23.3 Å². The van der Waals surface area contributed by atoms with E-state index in [-0.39, 0.29) is 17.7 Å². The number of rotatable bonds is 8. The molecular formula is C23H24F2N2O5. The van der Waals surface area contributed by atoms with Crippen molar-refractivity contribution >= 4 is 23.1 Å². The Morgan fingerprint density at radius 3 is 2.81 bits per heavy atom. The van der Waals surface area contributed by atoms with Gasteiger partial charge in [0.25, 0.3) is 0 Å². The number of nitrogens with one attached hydrogen (secondary N) is 1. The van der Waals surface area contributed by atoms with E-state index < -0.39 is 18.5 Å². The Hall–Kier alpha value is -3.04. The van der Waals surface area contributed by atoms with Gasteiger partial charge in [0, 0.05) is 29.8 Å². The molecule has 0 bridgehead atoms. The number of carbonyl (C=O) groups is 1. The van der Waals surface area contributed by atoms with E-state index in [0.29, 0.717) is 41.0 Å². The summed E-state index contributed by atoms with van der Waals surface area (Å²) in [4.78, 5) is 15.8. The third-order valence-electron chi connectivity index (χ3n) is 5.28. The van der Waals surface area contributed by atoms with Gasteiger partial charge in [-0.3, -0.25) is 4.98 Å². The molecule has 3 aromatic rings. The fourth-order valence-corrected chi connectivity index (χ4v) is 4.04. The zero-order chi connectivity index (χ0) is 22.9. The molecule has 1 aliphatic rings. The smallest absolute Gasteiger partial charge is 0.387 e. The molecule has 9 heteroatoms. The summed E-state index contributed by atoms with van der Waals surface area (Å²) in [5, 5.41) is 13.3. The summed E-state index contributed by atoms with van der Waals surface area (Å²) in [6.07, 6.45) is 3.19. The van der Waals surface area contributed by atoms with Gasteiger partial charge >= 0.3 is 6.61 Å². The number of furan rings is 1. The quantitative estimate of drug-likeness (QED) is 0.386. The van der Waals surface area contributed by atoms with Gasteiger partial charge in [0.15, 0.2) is 11.4 Å². The predicted octanol–water partition coefficient (Wildman–Crippen LogP) is 4.60. The Morgan fingerprint density at radius 1 is 1.28 bits per heavy atom. The summed E-state index contributed by atoms with van der Waals surface area (Å²) in [5.41, 5.74) is 2.38. The van der Waals surface area contributed by atoms with Crippen molar-refractivity contribution in [3.05, 3.63) is 42.6 Å². The molecule has 2 heterocycles. The SMILES string of the molecule is CC(C)(O)OC1C[C@H](Nc2ccnc3cc(-c4cccc(OC(F)F)c4)oc23)C[C@@H]1C=O. The van der Waals surface area contributed by atoms with Crippen LogP contribution in [0, 0.1) is 5.92 Å². The summed E-state index contributed by atoms with van der Waals surface area (Å²) in [5.74, 6) is -1.17. The number of anilines is 1. The van der Waals surface area contributed by atoms with Gasteiger partial charge in [-0.15, -0.1) is 0 Å². The summed E-state index contributed by atoms with van der Waals surface area (Å²) < 4.78 is 41.2. The fraction of sp³-hybridized carbons (Fsp3) is 0.391. The maximum absolute atomic E-state index is 12.5. The number of alkyl halides is 2. The average molecular weight is 446 g/mol. The molecule has 1 unspecified atom stereocenters. The number of benzene rings is 1. The molecule has 3 atom stereocenters. The summed E-state index contributed by atoms with van der Waals surface area (Å²) >= 11 is 0. The van der Waals surface area contributed by atoms with Crippen LogP contribution < -0.4 is 10.1 Å². The molecule has 0 saturated heterocycles. The van der Waals surface area contributed by atoms with Crippen LogP contribution in [0.1, 0.15) is 26.7 Å². The molecule has 0 radical (unpaired) electrons. The monoisotopic (exact) mass is 446 g/mol. The van der Waals surface area contributed by atoms with Gasteiger partial charge in [0.2, 0.25) is 0 Å². The molecule has 0 aliphatic heterocycles. The van der Waals surface area contributed by atoms with E-state index in [4.69, 9.17) is 9.15 Å². The van der Waals surface area contributed by atoms with Gasteiger partial charge < -0.3 is 29.1 Å². The van der Waals surface area contributed by atoms with Crippen LogP contribution in [0.15, 0.2) is 47.0 Å². The number of aliphatic hydroxyl groups is 1. The molecule has 1 saturated carbocycles. The number of aromatic nitrogens is 1. The first-order valence-electron chi connectivity index (χ1n) is 10.3. The highest BCUT2D eigenvalue weighted by Crippen LogP contribution is 2.36. The number of carbonyl (C=O) groups excluding carboxylic acids is 1. The second kappa shape index (κ2) is 8.84. The topological polar surface area (TPSA) is 93.8 Å². The standard InChI is InChI=1S/C23H24F2N2O5/c1-23(2,29)32-20-10-15(8-14(20)12-28)27-17-6-7-26-18-11-19(31-21(17)18)13-4-3-5-16(9-13)30-22(24)25/h3-7,9,11-12,14-15,20,22,29H,8,10H2,1-2H3,(H,26,27)/t14-,15-,20?/m1/s1. The number of ether oxygens (including phenoxy) is 2. The van der Waals surface area contributed by atoms with Crippen LogP contribution in [0.3, 0.4) is 0 Å². The van der Waals surface area contributed by atoms with Crippen LogP contribution in [-0.4, -0.2) is 40.9 Å². The Morgan fingerprint density at radius 2 is 2.09 bits per heavy atom. The van der Waals surface area contributed by atoms with Gasteiger partial charge in [-0.1, -0.05) is 12.1 Å². The minimum atomic E-state index is -2.91. The third kappa shape index (κ3) is 5.05. The van der Waals surface area contributed by atoms with Gasteiger partial charge in [0.05, 0.1) is 11.8 Å². The van der Waals surface area contributed by atoms with Crippen LogP contribution >= 0.6 is 0 Å². The highest BCUT2D eigenvalue weighted by molar-refractivity contribution is 5.89. The second-order valence-corrected chi connectivity index (χ2v) is 8.31. The predicted molar refractivity (Wildman–Crippen MR) is 113 cm³/mol. The second-order valence-electron chi connectivity index (χ2n) is 8.31. The van der Waals surface area contributed by atoms with E-state index in [1.807, 2.05) is 0 Å². The van der Waals surface area contributed by atoms with E-state index in [9.17, 15) is 18.7 Å². The van der Waals surface area contributed by atoms with Crippen LogP contribution in [0.2, 0.25) is 0 Å². The van der Waals surface area contributed by atoms with Crippen molar-refractivity contribution in [3.63, 3.8) is 0 Å². The van der Waals surface area contributed by atoms with Gasteiger partial charge in [-0.2, -0.15) is 8.78 Å². The maximum atomic E-state index is 12.5. The molecule has 170 valence electrons. The average Bonchev–Trinajstić information content (AvgIpc) is 3.31. The van der Waals surface area contributed by atoms with Crippen molar-refractivity contribution in [2.24, 2.45) is 5.92 Å². The van der Waals surface area contributed by atoms with Crippen molar-refractivity contribution in [2.45, 2.75) is 51.2 Å². The number of nitrogens with zero attached hydrogens (tertiary/aromatic N) is 1. The summed E-state index contributed by atoms with van der Waals surface area (Å²) in [6.45, 7) is 0.158. The van der Waals surface area contributed by atoms with E-state index in [2.05, 4.69) is 15.0 Å². The van der Waals surface area contributed by atoms with Crippen LogP contribution in [-0.2, 0) is 9.53 Å². The van der Waals surface area contributed by atoms with Crippen molar-refractivity contribution in [1.29, 1.82) is 0 Å². The Labute approximate surface area is 183 Å². The highest BCUT2D eigenvalue weighted by Gasteiger charge is 2.38. The number of hydrogen-bond donors (Lipinski definition) is 2. The Kier molecular flexibility index (Phi) is 6.12. The molecule has 2 N–H and O–H groups in total. The molecule has 2 aromatic heterocycles. The largest absolute Gasteiger partial charge is 0.452 e. The molecule has 1 fully saturated rings. The van der Waals surface area contributed by atoms with Crippen LogP contribution in [0.25, 0.3) is 22.4 Å². The normalized spacial score (nSPS) is 21.2. The molecule has 0 amide bonds. The molecule has 0 spiro atoms. The Balaban J connectivity index is 1.56. The minimum absolute atomic E-state index is 0.0352. The number of hydrogen-bond acceptors (Lipinski definition) is 7. The van der Waals surface area contributed by atoms with E-state index >= 15 is 0 Å². The lowest BCUT2D eigenvalue weighted by Crippen LogP contribution is -2.33. The third-order valence-corrected chi connectivity index (χ3v) is 5.28. The lowest BCUT2D eigenvalue weighted by Gasteiger charge is -2.25. The fourth-order valence-electron chi connectivity index (χ4n) is 4.04. The molecule has 32 heavy (non-hydrogen) atoms. The van der Waals surface area contributed by atoms with Crippen LogP contribution in [0.5, 0.6) is 5.75 Å². The lowest BCUT2D eigenvalue weighted by atomic mass is 10.1. The Bertz CT molecular complexity index is 1100. The number of aldehydes is 1. The van der Waals surface area contributed by atoms with Crippen LogP contribution in [0.4, 0.5) is 14.5 Å². The van der Waals surface area contributed by atoms with Crippen molar-refractivity contribution in [1.82, 2.24) is 4.98 Å². The van der Waals surface area contributed by atoms with E-state index in [1.165, 1.54) is 26.0 Å². The number of halogens is 2. The first-order chi connectivity index (χ1) is 15.2. The molecule has 4 rings (SSSR count). The van der Waals surface area contributed by atoms with E-state index in [1.54, 1.807) is 30.5 Å². The summed E-state index contributed by atoms with van der Waals surface area (Å²) in [6, 6.07) is 9.68. The molecule has 1 aliphatic carbocycles. The number of fused-ring (bicyclic) bond motifs is 1. The highest BCUT2D eigenvalue weighted by atomic mass is 19.3. The zero-order valence-corrected chi connectivity index (χ0v) is 17.6. The van der Waals surface area contributed by atoms with Crippen molar-refractivity contribution in [3.8, 4) is 17.1 Å².